The molecule has 0 saturated carbocycles. The summed E-state index contributed by atoms with van der Waals surface area (Å²) in [4.78, 5) is 11.0. The monoisotopic (exact) mass is 360 g/mol. The van der Waals surface area contributed by atoms with Gasteiger partial charge in [-0.25, -0.2) is 14.3 Å². The topological polar surface area (TPSA) is 83.0 Å². The van der Waals surface area contributed by atoms with Crippen molar-refractivity contribution >= 4 is 5.69 Å². The zero-order chi connectivity index (χ0) is 18.0. The molecule has 1 fully saturated rings. The van der Waals surface area contributed by atoms with Gasteiger partial charge in [0.1, 0.15) is 6.17 Å². The number of nitrogens with zero attached hydrogens (tertiary/aromatic N) is 1. The summed E-state index contributed by atoms with van der Waals surface area (Å²) >= 11 is 0. The van der Waals surface area contributed by atoms with E-state index in [9.17, 15) is 22.4 Å². The highest BCUT2D eigenvalue weighted by Crippen LogP contribution is 2.37. The van der Waals surface area contributed by atoms with Crippen molar-refractivity contribution in [2.45, 2.75) is 18.8 Å². The Balaban J connectivity index is 1.87. The predicted octanol–water partition coefficient (Wildman–Crippen LogP) is 2.41. The van der Waals surface area contributed by atoms with Crippen LogP contribution in [-0.4, -0.2) is 36.0 Å². The second kappa shape index (κ2) is 6.87. The molecule has 6 nitrogen and oxygen atoms in total. The molecule has 136 valence electrons. The summed E-state index contributed by atoms with van der Waals surface area (Å²) in [7, 11) is 0. The van der Waals surface area contributed by atoms with Gasteiger partial charge in [-0.1, -0.05) is 0 Å². The Bertz CT molecular complexity index is 786. The third-order valence-electron chi connectivity index (χ3n) is 4.11. The van der Waals surface area contributed by atoms with Gasteiger partial charge in [-0.15, -0.1) is 5.10 Å². The molecule has 1 aromatic carbocycles. The van der Waals surface area contributed by atoms with Gasteiger partial charge < -0.3 is 15.1 Å². The lowest BCUT2D eigenvalue weighted by atomic mass is 9.96. The van der Waals surface area contributed by atoms with Crippen molar-refractivity contribution in [2.24, 2.45) is 5.92 Å². The smallest absolute Gasteiger partial charge is 0.388 e. The maximum atomic E-state index is 13.8. The van der Waals surface area contributed by atoms with Gasteiger partial charge in [-0.05, 0) is 31.2 Å². The first-order chi connectivity index (χ1) is 11.8. The largest absolute Gasteiger partial charge is 0.434 e. The molecule has 1 saturated heterocycles. The molecule has 0 bridgehead atoms. The summed E-state index contributed by atoms with van der Waals surface area (Å²) in [5.74, 6) is -1.30. The third kappa shape index (κ3) is 4.01. The van der Waals surface area contributed by atoms with E-state index in [0.717, 1.165) is 12.1 Å². The van der Waals surface area contributed by atoms with E-state index in [2.05, 4.69) is 15.7 Å². The molecule has 0 spiro atoms. The lowest BCUT2D eigenvalue weighted by molar-refractivity contribution is -0.136. The Hall–Kier alpha value is -2.36. The summed E-state index contributed by atoms with van der Waals surface area (Å²) in [6.45, 7) is 0.883. The molecular weight excluding hydrogens is 344 g/mol. The number of halogens is 4. The highest BCUT2D eigenvalue weighted by Gasteiger charge is 2.34. The first-order valence-electron chi connectivity index (χ1n) is 7.70. The Kier molecular flexibility index (Phi) is 4.80. The van der Waals surface area contributed by atoms with Crippen LogP contribution >= 0.6 is 0 Å². The molecular formula is C15H16F4N4O2. The Morgan fingerprint density at radius 2 is 2.16 bits per heavy atom. The quantitative estimate of drug-likeness (QED) is 0.730. The van der Waals surface area contributed by atoms with Gasteiger partial charge >= 0.3 is 11.9 Å². The third-order valence-corrected chi connectivity index (χ3v) is 4.11. The molecule has 2 aromatic rings. The number of hydrogen-bond acceptors (Lipinski definition) is 5. The minimum Gasteiger partial charge on any atom is -0.388 e. The second-order valence-corrected chi connectivity index (χ2v) is 5.83. The van der Waals surface area contributed by atoms with Gasteiger partial charge in [0.15, 0.2) is 0 Å². The van der Waals surface area contributed by atoms with Crippen molar-refractivity contribution in [2.75, 3.05) is 25.0 Å². The average Bonchev–Trinajstić information content (AvgIpc) is 2.99. The standard InChI is InChI=1S/C15H16F4N4O2/c16-11-7-20-4-3-9(11)6-21-12-5-8(13-22-23-14(24)25-13)1-2-10(12)15(17,18)19/h1-2,5,9,11,20-21H,3-4,6-7H2,(H,23,24)/t9-,11-/m1/s1. The first kappa shape index (κ1) is 17.5. The highest BCUT2D eigenvalue weighted by atomic mass is 19.4. The van der Waals surface area contributed by atoms with Crippen molar-refractivity contribution in [1.29, 1.82) is 0 Å². The van der Waals surface area contributed by atoms with Gasteiger partial charge in [-0.2, -0.15) is 13.2 Å². The number of piperidine rings is 1. The van der Waals surface area contributed by atoms with E-state index in [1.807, 2.05) is 5.10 Å². The zero-order valence-electron chi connectivity index (χ0n) is 13.0. The van der Waals surface area contributed by atoms with Crippen LogP contribution in [0.4, 0.5) is 23.2 Å². The van der Waals surface area contributed by atoms with Crippen LogP contribution in [0.5, 0.6) is 0 Å². The van der Waals surface area contributed by atoms with Crippen LogP contribution in [0, 0.1) is 5.92 Å². The summed E-state index contributed by atoms with van der Waals surface area (Å²) in [6.07, 6.45) is -5.16. The molecule has 1 aliphatic heterocycles. The number of hydrogen-bond donors (Lipinski definition) is 3. The van der Waals surface area contributed by atoms with Gasteiger partial charge in [0, 0.05) is 30.3 Å². The number of aromatic amines is 1. The maximum Gasteiger partial charge on any atom is 0.434 e. The molecule has 1 aromatic heterocycles. The SMILES string of the molecule is O=c1[nH]nc(-c2ccc(C(F)(F)F)c(NC[C@H]3CCNC[C@H]3F)c2)o1. The van der Waals surface area contributed by atoms with E-state index in [1.165, 1.54) is 6.07 Å². The van der Waals surface area contributed by atoms with Gasteiger partial charge in [-0.3, -0.25) is 0 Å². The van der Waals surface area contributed by atoms with Gasteiger partial charge in [0.05, 0.1) is 5.56 Å². The van der Waals surface area contributed by atoms with E-state index >= 15 is 0 Å². The van der Waals surface area contributed by atoms with Crippen LogP contribution in [0.1, 0.15) is 12.0 Å². The average molecular weight is 360 g/mol. The fourth-order valence-electron chi connectivity index (χ4n) is 2.77. The zero-order valence-corrected chi connectivity index (χ0v) is 13.0. The molecule has 0 radical (unpaired) electrons. The molecule has 25 heavy (non-hydrogen) atoms. The summed E-state index contributed by atoms with van der Waals surface area (Å²) in [5, 5.41) is 11.2. The van der Waals surface area contributed by atoms with Crippen molar-refractivity contribution < 1.29 is 22.0 Å². The Morgan fingerprint density at radius 1 is 1.36 bits per heavy atom. The minimum atomic E-state index is -4.57. The van der Waals surface area contributed by atoms with Crippen molar-refractivity contribution in [3.8, 4) is 11.5 Å². The lowest BCUT2D eigenvalue weighted by Crippen LogP contribution is -2.41. The normalized spacial score (nSPS) is 21.3. The molecule has 0 aliphatic carbocycles. The molecule has 1 aliphatic rings. The summed E-state index contributed by atoms with van der Waals surface area (Å²) in [6, 6.07) is 3.23. The summed E-state index contributed by atoms with van der Waals surface area (Å²) in [5.41, 5.74) is -0.879. The van der Waals surface area contributed by atoms with Crippen LogP contribution in [0.2, 0.25) is 0 Å². The number of alkyl halides is 4. The highest BCUT2D eigenvalue weighted by molar-refractivity contribution is 5.65. The van der Waals surface area contributed by atoms with E-state index in [1.54, 1.807) is 0 Å². The molecule has 2 atom stereocenters. The van der Waals surface area contributed by atoms with Crippen molar-refractivity contribution in [1.82, 2.24) is 15.5 Å². The second-order valence-electron chi connectivity index (χ2n) is 5.83. The fourth-order valence-corrected chi connectivity index (χ4v) is 2.77. The molecule has 3 rings (SSSR count). The molecule has 0 unspecified atom stereocenters. The maximum absolute atomic E-state index is 13.8. The van der Waals surface area contributed by atoms with Gasteiger partial charge in [0.25, 0.3) is 0 Å². The molecule has 3 N–H and O–H groups in total. The summed E-state index contributed by atoms with van der Waals surface area (Å²) < 4.78 is 58.2. The van der Waals surface area contributed by atoms with Crippen LogP contribution in [0.25, 0.3) is 11.5 Å². The number of nitrogens with one attached hydrogen (secondary N) is 3. The number of benzene rings is 1. The number of rotatable bonds is 4. The van der Waals surface area contributed by atoms with E-state index < -0.39 is 23.7 Å². The number of anilines is 1. The van der Waals surface area contributed by atoms with E-state index in [-0.39, 0.29) is 36.1 Å². The van der Waals surface area contributed by atoms with Crippen LogP contribution in [0.15, 0.2) is 27.4 Å². The molecule has 2 heterocycles. The minimum absolute atomic E-state index is 0.0693. The van der Waals surface area contributed by atoms with Crippen molar-refractivity contribution in [3.63, 3.8) is 0 Å². The van der Waals surface area contributed by atoms with Gasteiger partial charge in [0.2, 0.25) is 5.89 Å². The van der Waals surface area contributed by atoms with Crippen LogP contribution in [0.3, 0.4) is 0 Å². The van der Waals surface area contributed by atoms with E-state index in [0.29, 0.717) is 13.0 Å². The lowest BCUT2D eigenvalue weighted by Gasteiger charge is -2.27. The van der Waals surface area contributed by atoms with Crippen molar-refractivity contribution in [3.05, 3.63) is 34.3 Å². The Labute approximate surface area is 139 Å². The number of H-pyrrole nitrogens is 1. The molecule has 0 amide bonds. The van der Waals surface area contributed by atoms with Crippen LogP contribution in [-0.2, 0) is 6.18 Å². The fraction of sp³-hybridized carbons (Fsp3) is 0.467. The van der Waals surface area contributed by atoms with Crippen LogP contribution < -0.4 is 16.4 Å². The number of aromatic nitrogens is 2. The van der Waals surface area contributed by atoms with E-state index in [4.69, 9.17) is 4.42 Å². The first-order valence-corrected chi connectivity index (χ1v) is 7.70. The predicted molar refractivity (Wildman–Crippen MR) is 81.9 cm³/mol. The molecule has 10 heteroatoms. The Morgan fingerprint density at radius 3 is 2.80 bits per heavy atom.